The molecule has 1 saturated heterocycles. The highest BCUT2D eigenvalue weighted by Crippen LogP contribution is 2.37. The molecule has 3 aromatic rings. The van der Waals surface area contributed by atoms with Crippen molar-refractivity contribution in [2.45, 2.75) is 61.9 Å². The van der Waals surface area contributed by atoms with Crippen LogP contribution in [-0.2, 0) is 14.3 Å². The van der Waals surface area contributed by atoms with E-state index in [1.54, 1.807) is 12.3 Å². The van der Waals surface area contributed by atoms with Gasteiger partial charge in [-0.2, -0.15) is 5.26 Å². The Morgan fingerprint density at radius 3 is 2.66 bits per heavy atom. The molecule has 1 amide bonds. The first-order valence-electron chi connectivity index (χ1n) is 13.1. The molecule has 1 aliphatic heterocycles. The Hall–Kier alpha value is -2.89. The van der Waals surface area contributed by atoms with Crippen molar-refractivity contribution in [3.63, 3.8) is 0 Å². The van der Waals surface area contributed by atoms with Crippen LogP contribution in [0.3, 0.4) is 0 Å². The number of carbonyl (C=O) groups excluding carboxylic acids is 1. The molecule has 216 valence electrons. The van der Waals surface area contributed by atoms with Gasteiger partial charge in [0.2, 0.25) is 0 Å². The van der Waals surface area contributed by atoms with E-state index in [-0.39, 0.29) is 10.6 Å². The van der Waals surface area contributed by atoms with Gasteiger partial charge in [0, 0.05) is 27.9 Å². The second kappa shape index (κ2) is 12.5. The van der Waals surface area contributed by atoms with E-state index in [4.69, 9.17) is 21.1 Å². The number of rotatable bonds is 7. The molecular formula is C28H29BrClN5O6. The number of aromatic nitrogens is 3. The zero-order chi connectivity index (χ0) is 29.3. The number of hydrogen-bond donors (Lipinski definition) is 3. The highest BCUT2D eigenvalue weighted by atomic mass is 79.9. The normalized spacial score (nSPS) is 27.9. The van der Waals surface area contributed by atoms with Gasteiger partial charge in [-0.1, -0.05) is 44.9 Å². The largest absolute Gasteiger partial charge is 0.394 e. The number of amides is 1. The predicted molar refractivity (Wildman–Crippen MR) is 152 cm³/mol. The highest BCUT2D eigenvalue weighted by Gasteiger charge is 2.52. The van der Waals surface area contributed by atoms with Crippen molar-refractivity contribution >= 4 is 39.1 Å². The first-order chi connectivity index (χ1) is 19.7. The average Bonchev–Trinajstić information content (AvgIpc) is 3.62. The lowest BCUT2D eigenvalue weighted by Gasteiger charge is -2.45. The number of aliphatic hydroxyl groups is 3. The van der Waals surface area contributed by atoms with Crippen molar-refractivity contribution < 1.29 is 29.6 Å². The molecule has 41 heavy (non-hydrogen) atoms. The Kier molecular flexibility index (Phi) is 9.06. The number of nitriles is 1. The fourth-order valence-electron chi connectivity index (χ4n) is 5.65. The molecule has 5 rings (SSSR count). The molecule has 13 heteroatoms. The van der Waals surface area contributed by atoms with Crippen LogP contribution < -0.4 is 4.90 Å². The SMILES string of the molecule is CO[C@@H]1[C@@H](n2cc(-c3ccc(Br)cc3)nn2)[C@@H](O)[C@@H](CO)O[C@H]1C(=O)N(c1cc(Cl)cc(C#N)c1)[C@H]1CCC[C@@H]1O. The van der Waals surface area contributed by atoms with Crippen LogP contribution in [0.25, 0.3) is 11.3 Å². The molecular weight excluding hydrogens is 618 g/mol. The number of aliphatic hydroxyl groups excluding tert-OH is 3. The maximum atomic E-state index is 14.4. The molecule has 0 radical (unpaired) electrons. The molecule has 1 aromatic heterocycles. The number of anilines is 1. The summed E-state index contributed by atoms with van der Waals surface area (Å²) in [5.74, 6) is -0.572. The van der Waals surface area contributed by atoms with Gasteiger partial charge in [-0.15, -0.1) is 5.10 Å². The van der Waals surface area contributed by atoms with Crippen molar-refractivity contribution in [1.29, 1.82) is 5.26 Å². The lowest BCUT2D eigenvalue weighted by atomic mass is 9.91. The lowest BCUT2D eigenvalue weighted by Crippen LogP contribution is -2.62. The van der Waals surface area contributed by atoms with Gasteiger partial charge < -0.3 is 29.7 Å². The fourth-order valence-corrected chi connectivity index (χ4v) is 6.15. The monoisotopic (exact) mass is 645 g/mol. The number of hydrogen-bond acceptors (Lipinski definition) is 9. The van der Waals surface area contributed by atoms with Crippen LogP contribution in [0.5, 0.6) is 0 Å². The summed E-state index contributed by atoms with van der Waals surface area (Å²) in [4.78, 5) is 15.8. The minimum atomic E-state index is -1.32. The summed E-state index contributed by atoms with van der Waals surface area (Å²) in [6, 6.07) is 12.5. The smallest absolute Gasteiger partial charge is 0.259 e. The van der Waals surface area contributed by atoms with Crippen LogP contribution in [0.4, 0.5) is 5.69 Å². The maximum absolute atomic E-state index is 14.4. The van der Waals surface area contributed by atoms with Crippen LogP contribution in [-0.4, -0.2) is 86.5 Å². The number of carbonyl (C=O) groups is 1. The molecule has 2 aromatic carbocycles. The summed E-state index contributed by atoms with van der Waals surface area (Å²) in [6.45, 7) is -0.575. The summed E-state index contributed by atoms with van der Waals surface area (Å²) < 4.78 is 14.1. The Morgan fingerprint density at radius 2 is 2.02 bits per heavy atom. The molecule has 2 aliphatic rings. The van der Waals surface area contributed by atoms with E-state index in [0.717, 1.165) is 10.0 Å². The summed E-state index contributed by atoms with van der Waals surface area (Å²) >= 11 is 9.71. The van der Waals surface area contributed by atoms with Crippen molar-refractivity contribution in [1.82, 2.24) is 15.0 Å². The van der Waals surface area contributed by atoms with E-state index in [1.807, 2.05) is 30.3 Å². The van der Waals surface area contributed by atoms with Gasteiger partial charge in [0.1, 0.15) is 30.0 Å². The minimum Gasteiger partial charge on any atom is -0.394 e. The molecule has 2 fully saturated rings. The van der Waals surface area contributed by atoms with Gasteiger partial charge in [0.05, 0.1) is 36.6 Å². The van der Waals surface area contributed by atoms with E-state index < -0.39 is 55.1 Å². The van der Waals surface area contributed by atoms with E-state index in [0.29, 0.717) is 30.6 Å². The Labute approximate surface area is 250 Å². The second-order valence-corrected chi connectivity index (χ2v) is 11.5. The fraction of sp³-hybridized carbons (Fsp3) is 0.429. The van der Waals surface area contributed by atoms with Crippen LogP contribution in [0.2, 0.25) is 5.02 Å². The molecule has 3 N–H and O–H groups in total. The maximum Gasteiger partial charge on any atom is 0.259 e. The number of benzene rings is 2. The molecule has 0 bridgehead atoms. The first-order valence-corrected chi connectivity index (χ1v) is 14.3. The molecule has 11 nitrogen and oxygen atoms in total. The van der Waals surface area contributed by atoms with Crippen LogP contribution in [0.15, 0.2) is 53.1 Å². The van der Waals surface area contributed by atoms with Crippen molar-refractivity contribution in [2.24, 2.45) is 0 Å². The molecule has 1 saturated carbocycles. The first kappa shape index (κ1) is 29.6. The molecule has 0 unspecified atom stereocenters. The van der Waals surface area contributed by atoms with Gasteiger partial charge in [0.15, 0.2) is 6.10 Å². The van der Waals surface area contributed by atoms with Crippen LogP contribution in [0.1, 0.15) is 30.9 Å². The van der Waals surface area contributed by atoms with Crippen molar-refractivity contribution in [2.75, 3.05) is 18.6 Å². The Bertz CT molecular complexity index is 1430. The molecule has 1 aliphatic carbocycles. The van der Waals surface area contributed by atoms with Crippen molar-refractivity contribution in [3.05, 3.63) is 63.7 Å². The van der Waals surface area contributed by atoms with Crippen molar-refractivity contribution in [3.8, 4) is 17.3 Å². The van der Waals surface area contributed by atoms with Crippen LogP contribution >= 0.6 is 27.5 Å². The van der Waals surface area contributed by atoms with E-state index in [2.05, 4.69) is 26.2 Å². The summed E-state index contributed by atoms with van der Waals surface area (Å²) in [5, 5.41) is 50.4. The third-order valence-electron chi connectivity index (χ3n) is 7.64. The highest BCUT2D eigenvalue weighted by molar-refractivity contribution is 9.10. The predicted octanol–water partition coefficient (Wildman–Crippen LogP) is 2.86. The second-order valence-electron chi connectivity index (χ2n) is 10.1. The zero-order valence-electron chi connectivity index (χ0n) is 22.0. The summed E-state index contributed by atoms with van der Waals surface area (Å²) in [5.41, 5.74) is 1.89. The van der Waals surface area contributed by atoms with Gasteiger partial charge in [-0.05, 0) is 49.6 Å². The third-order valence-corrected chi connectivity index (χ3v) is 8.39. The standard InChI is InChI=1S/C28H29BrClN5O6/c1-40-26-24(34-13-20(32-33-34)16-5-7-17(29)8-6-16)25(38)23(14-36)41-27(26)28(39)35(21-3-2-4-22(21)37)19-10-15(12-31)9-18(30)11-19/h5-11,13,21-27,36-38H,2-4,14H2,1H3/t21-,22-,23+,24-,25-,26+,27+/m0/s1. The zero-order valence-corrected chi connectivity index (χ0v) is 24.4. The van der Waals surface area contributed by atoms with Gasteiger partial charge >= 0.3 is 0 Å². The van der Waals surface area contributed by atoms with E-state index in [9.17, 15) is 25.4 Å². The summed E-state index contributed by atoms with van der Waals surface area (Å²) in [7, 11) is 1.39. The lowest BCUT2D eigenvalue weighted by molar-refractivity contribution is -0.211. The summed E-state index contributed by atoms with van der Waals surface area (Å²) in [6.07, 6.45) is -2.29. The Morgan fingerprint density at radius 1 is 1.27 bits per heavy atom. The molecule has 7 atom stereocenters. The van der Waals surface area contributed by atoms with Gasteiger partial charge in [-0.3, -0.25) is 4.79 Å². The Balaban J connectivity index is 1.54. The van der Waals surface area contributed by atoms with Crippen LogP contribution in [0, 0.1) is 11.3 Å². The number of ether oxygens (including phenoxy) is 2. The quantitative estimate of drug-likeness (QED) is 0.352. The van der Waals surface area contributed by atoms with E-state index >= 15 is 0 Å². The topological polar surface area (TPSA) is 154 Å². The number of halogens is 2. The van der Waals surface area contributed by atoms with Gasteiger partial charge in [0.25, 0.3) is 5.91 Å². The molecule has 2 heterocycles. The minimum absolute atomic E-state index is 0.246. The number of methoxy groups -OCH3 is 1. The van der Waals surface area contributed by atoms with E-state index in [1.165, 1.54) is 28.8 Å². The third kappa shape index (κ3) is 5.89. The number of nitrogens with zero attached hydrogens (tertiary/aromatic N) is 5. The molecule has 0 spiro atoms. The average molecular weight is 647 g/mol. The van der Waals surface area contributed by atoms with Gasteiger partial charge in [-0.25, -0.2) is 4.68 Å².